The fourth-order valence-corrected chi connectivity index (χ4v) is 9.09. The third kappa shape index (κ3) is 7.24. The van der Waals surface area contributed by atoms with Crippen LogP contribution in [-0.4, -0.2) is 86.9 Å². The number of hydrogen-bond acceptors (Lipinski definition) is 11. The predicted octanol–water partition coefficient (Wildman–Crippen LogP) is 3.38. The molecule has 17 heteroatoms. The lowest BCUT2D eigenvalue weighted by Gasteiger charge is -2.30. The quantitative estimate of drug-likeness (QED) is 0.301. The lowest BCUT2D eigenvalue weighted by molar-refractivity contribution is -0.141. The monoisotopic (exact) mass is 767 g/mol. The number of aryl methyl sites for hydroxylation is 2. The maximum Gasteiger partial charge on any atom is 0.263 e. The molecule has 2 aliphatic heterocycles. The zero-order valence-electron chi connectivity index (χ0n) is 29.7. The molecule has 0 unspecified atom stereocenters. The molecule has 1 aromatic carbocycles. The van der Waals surface area contributed by atoms with E-state index >= 15 is 0 Å². The van der Waals surface area contributed by atoms with Gasteiger partial charge in [0, 0.05) is 12.3 Å². The second-order valence-electron chi connectivity index (χ2n) is 14.7. The first kappa shape index (κ1) is 36.8. The lowest BCUT2D eigenvalue weighted by Crippen LogP contribution is -2.58. The molecule has 2 saturated carbocycles. The summed E-state index contributed by atoms with van der Waals surface area (Å²) < 4.78 is 48.3. The van der Waals surface area contributed by atoms with Crippen molar-refractivity contribution >= 4 is 56.0 Å². The molecule has 14 nitrogen and oxygen atoms in total. The third-order valence-electron chi connectivity index (χ3n) is 10.8. The molecule has 0 spiro atoms. The number of fused-ring (bicyclic) bond motifs is 3. The number of halogens is 1. The van der Waals surface area contributed by atoms with Gasteiger partial charge in [-0.05, 0) is 71.4 Å². The number of nitrogens with zero attached hydrogens (tertiary/aromatic N) is 4. The van der Waals surface area contributed by atoms with Crippen molar-refractivity contribution in [3.63, 3.8) is 0 Å². The summed E-state index contributed by atoms with van der Waals surface area (Å²) in [5, 5.41) is 5.73. The normalized spacial score (nSPS) is 27.1. The highest BCUT2D eigenvalue weighted by atomic mass is 32.2. The summed E-state index contributed by atoms with van der Waals surface area (Å²) in [5.41, 5.74) is 1.26. The van der Waals surface area contributed by atoms with Gasteiger partial charge in [0.05, 0.1) is 28.0 Å². The van der Waals surface area contributed by atoms with Crippen molar-refractivity contribution in [3.05, 3.63) is 57.9 Å². The number of sulfonamides is 1. The number of carbonyl (C=O) groups excluding carboxylic acids is 4. The fourth-order valence-electron chi connectivity index (χ4n) is 7.08. The Morgan fingerprint density at radius 3 is 2.64 bits per heavy atom. The number of benzene rings is 1. The van der Waals surface area contributed by atoms with E-state index < -0.39 is 73.9 Å². The zero-order valence-corrected chi connectivity index (χ0v) is 31.3. The Morgan fingerprint density at radius 1 is 1.11 bits per heavy atom. The Hall–Kier alpha value is -4.51. The maximum atomic E-state index is 14.7. The van der Waals surface area contributed by atoms with Gasteiger partial charge in [-0.3, -0.25) is 23.9 Å². The fraction of sp³-hybridized carbons (Fsp3) is 0.528. The molecule has 1 saturated heterocycles. The van der Waals surface area contributed by atoms with Crippen molar-refractivity contribution in [1.29, 1.82) is 0 Å². The minimum atomic E-state index is -4.01. The Labute approximate surface area is 310 Å². The summed E-state index contributed by atoms with van der Waals surface area (Å²) >= 11 is 1.16. The molecule has 3 aromatic rings. The molecule has 7 rings (SSSR count). The van der Waals surface area contributed by atoms with E-state index in [1.54, 1.807) is 32.3 Å². The summed E-state index contributed by atoms with van der Waals surface area (Å²) in [6.45, 7) is 4.85. The Bertz CT molecular complexity index is 2120. The molecule has 2 aromatic heterocycles. The third-order valence-corrected chi connectivity index (χ3v) is 13.9. The lowest BCUT2D eigenvalue weighted by atomic mass is 10.0. The van der Waals surface area contributed by atoms with Gasteiger partial charge in [0.2, 0.25) is 27.7 Å². The van der Waals surface area contributed by atoms with E-state index in [1.807, 2.05) is 12.2 Å². The van der Waals surface area contributed by atoms with E-state index in [2.05, 4.69) is 30.3 Å². The van der Waals surface area contributed by atoms with Crippen molar-refractivity contribution in [1.82, 2.24) is 35.2 Å². The molecule has 3 fully saturated rings. The molecule has 0 bridgehead atoms. The van der Waals surface area contributed by atoms with Crippen LogP contribution in [0.2, 0.25) is 0 Å². The van der Waals surface area contributed by atoms with E-state index in [0.29, 0.717) is 53.9 Å². The van der Waals surface area contributed by atoms with E-state index in [0.717, 1.165) is 24.2 Å². The molecule has 3 N–H and O–H groups in total. The second kappa shape index (κ2) is 14.0. The van der Waals surface area contributed by atoms with Gasteiger partial charge in [-0.2, -0.15) is 0 Å². The number of amides is 4. The van der Waals surface area contributed by atoms with Gasteiger partial charge < -0.3 is 20.3 Å². The standard InChI is InChI=1S/C36H42FN7O7S2/c1-20-29(52-19-38-20)31(46)40-26-12-8-6-4-5-7-10-22-17-36(22,34(48)43-53(49,50)35(3)14-15-35)42-30(45)27-16-23(18-44(27)33(26)47)51-32-21(2)39-25-13-9-11-24(37)28(25)41-32/h7,9-11,13,19,22-23,26-27H,4-6,8,12,14-18H2,1-3H3,(H,40,46)(H,42,45)(H,43,48)/t22-,23-,26+,27+,36-/m1/s1. The molecule has 282 valence electrons. The van der Waals surface area contributed by atoms with Crippen LogP contribution in [0.3, 0.4) is 0 Å². The highest BCUT2D eigenvalue weighted by Gasteiger charge is 2.63. The van der Waals surface area contributed by atoms with Crippen LogP contribution < -0.4 is 20.1 Å². The first-order valence-corrected chi connectivity index (χ1v) is 20.2. The number of carbonyl (C=O) groups is 4. The predicted molar refractivity (Wildman–Crippen MR) is 193 cm³/mol. The average Bonchev–Trinajstić information content (AvgIpc) is 3.91. The number of ether oxygens (including phenoxy) is 1. The minimum Gasteiger partial charge on any atom is -0.471 e. The number of aromatic nitrogens is 3. The summed E-state index contributed by atoms with van der Waals surface area (Å²) in [4.78, 5) is 70.7. The number of para-hydroxylation sites is 1. The second-order valence-corrected chi connectivity index (χ2v) is 17.8. The van der Waals surface area contributed by atoms with Gasteiger partial charge in [0.25, 0.3) is 11.8 Å². The topological polar surface area (TPSA) is 190 Å². The van der Waals surface area contributed by atoms with Crippen LogP contribution in [0, 0.1) is 25.6 Å². The number of allylic oxidation sites excluding steroid dienone is 1. The van der Waals surface area contributed by atoms with Crippen molar-refractivity contribution in [2.75, 3.05) is 6.54 Å². The summed E-state index contributed by atoms with van der Waals surface area (Å²) in [6.07, 6.45) is 7.09. The minimum absolute atomic E-state index is 0.00620. The maximum absolute atomic E-state index is 14.7. The van der Waals surface area contributed by atoms with E-state index in [1.165, 1.54) is 17.0 Å². The van der Waals surface area contributed by atoms with Gasteiger partial charge in [0.15, 0.2) is 5.82 Å². The van der Waals surface area contributed by atoms with E-state index in [9.17, 15) is 32.0 Å². The van der Waals surface area contributed by atoms with Crippen LogP contribution in [0.15, 0.2) is 35.9 Å². The Balaban J connectivity index is 1.20. The van der Waals surface area contributed by atoms with Crippen LogP contribution in [0.25, 0.3) is 11.0 Å². The van der Waals surface area contributed by atoms with Crippen molar-refractivity contribution in [2.45, 2.75) is 107 Å². The van der Waals surface area contributed by atoms with Crippen LogP contribution in [0.5, 0.6) is 5.88 Å². The Kier molecular flexibility index (Phi) is 9.76. The molecular formula is C36H42FN7O7S2. The molecule has 4 amide bonds. The molecule has 0 radical (unpaired) electrons. The van der Waals surface area contributed by atoms with Crippen molar-refractivity contribution < 1.29 is 36.7 Å². The van der Waals surface area contributed by atoms with Crippen LogP contribution in [-0.2, 0) is 24.4 Å². The largest absolute Gasteiger partial charge is 0.471 e. The molecule has 4 heterocycles. The highest BCUT2D eigenvalue weighted by molar-refractivity contribution is 7.91. The van der Waals surface area contributed by atoms with Gasteiger partial charge in [-0.1, -0.05) is 31.1 Å². The number of rotatable bonds is 7. The highest BCUT2D eigenvalue weighted by Crippen LogP contribution is 2.47. The van der Waals surface area contributed by atoms with E-state index in [4.69, 9.17) is 4.74 Å². The van der Waals surface area contributed by atoms with Crippen LogP contribution >= 0.6 is 11.3 Å². The SMILES string of the molecule is Cc1nc2cccc(F)c2nc1O[C@@H]1C[C@H]2C(=O)N[C@]3(C(=O)NS(=O)(=O)C4(C)CC4)C[C@H]3C=CCCCCC[C@H](NC(=O)c3scnc3C)C(=O)N2C1. The van der Waals surface area contributed by atoms with Gasteiger partial charge in [-0.15, -0.1) is 11.3 Å². The summed E-state index contributed by atoms with van der Waals surface area (Å²) in [6, 6.07) is 2.25. The molecule has 4 aliphatic rings. The Morgan fingerprint density at radius 2 is 1.91 bits per heavy atom. The molecular weight excluding hydrogens is 726 g/mol. The molecule has 53 heavy (non-hydrogen) atoms. The molecule has 2 aliphatic carbocycles. The first-order chi connectivity index (χ1) is 25.2. The van der Waals surface area contributed by atoms with Gasteiger partial charge in [-0.25, -0.2) is 27.8 Å². The number of nitrogens with one attached hydrogen (secondary N) is 3. The van der Waals surface area contributed by atoms with Crippen molar-refractivity contribution in [2.24, 2.45) is 5.92 Å². The average molecular weight is 768 g/mol. The van der Waals surface area contributed by atoms with Crippen LogP contribution in [0.4, 0.5) is 4.39 Å². The number of thiazole rings is 1. The first-order valence-electron chi connectivity index (χ1n) is 17.9. The van der Waals surface area contributed by atoms with Gasteiger partial charge >= 0.3 is 0 Å². The number of hydrogen-bond donors (Lipinski definition) is 3. The van der Waals surface area contributed by atoms with Crippen molar-refractivity contribution in [3.8, 4) is 5.88 Å². The zero-order chi connectivity index (χ0) is 37.7. The summed E-state index contributed by atoms with van der Waals surface area (Å²) in [5.74, 6) is -3.47. The smallest absolute Gasteiger partial charge is 0.263 e. The molecule has 5 atom stereocenters. The summed E-state index contributed by atoms with van der Waals surface area (Å²) in [7, 11) is -4.01. The van der Waals surface area contributed by atoms with Gasteiger partial charge in [0.1, 0.15) is 39.8 Å². The van der Waals surface area contributed by atoms with Crippen LogP contribution in [0.1, 0.15) is 85.8 Å². The van der Waals surface area contributed by atoms with E-state index in [-0.39, 0.29) is 30.8 Å².